The Balaban J connectivity index is 1.78. The second-order valence-electron chi connectivity index (χ2n) is 6.59. The second kappa shape index (κ2) is 7.15. The summed E-state index contributed by atoms with van der Waals surface area (Å²) >= 11 is 7.53. The Morgan fingerprint density at radius 2 is 1.96 bits per heavy atom. The molecule has 0 bridgehead atoms. The Morgan fingerprint density at radius 3 is 2.58 bits per heavy atom. The lowest BCUT2D eigenvalue weighted by Gasteiger charge is -2.36. The average Bonchev–Trinajstić information content (AvgIpc) is 3.18. The first-order valence-corrected chi connectivity index (χ1v) is 10.0. The number of hydrogen-bond donors (Lipinski definition) is 2. The van der Waals surface area contributed by atoms with Gasteiger partial charge in [0.15, 0.2) is 5.82 Å². The first-order valence-electron chi connectivity index (χ1n) is 8.81. The molecule has 0 radical (unpaired) electrons. The highest BCUT2D eigenvalue weighted by Crippen LogP contribution is 2.41. The number of nitrogens with zero attached hydrogens (tertiary/aromatic N) is 4. The van der Waals surface area contributed by atoms with Gasteiger partial charge in [-0.05, 0) is 30.5 Å². The normalized spacial score (nSPS) is 17.8. The maximum absolute atomic E-state index is 10.8. The summed E-state index contributed by atoms with van der Waals surface area (Å²) in [6, 6.07) is 7.60. The van der Waals surface area contributed by atoms with Crippen LogP contribution >= 0.6 is 22.9 Å². The Hall–Kier alpha value is -1.67. The molecule has 3 aromatic rings. The molecule has 2 N–H and O–H groups in total. The summed E-state index contributed by atoms with van der Waals surface area (Å²) in [4.78, 5) is 8.30. The molecule has 3 heterocycles. The number of aliphatic hydroxyl groups is 1. The van der Waals surface area contributed by atoms with E-state index in [1.807, 2.05) is 31.2 Å². The minimum Gasteiger partial charge on any atom is -0.492 e. The van der Waals surface area contributed by atoms with Gasteiger partial charge >= 0.3 is 0 Å². The molecule has 1 fully saturated rings. The fraction of sp³-hybridized carbons (Fsp3) is 0.444. The summed E-state index contributed by atoms with van der Waals surface area (Å²) in [7, 11) is 0. The molecule has 138 valence electrons. The van der Waals surface area contributed by atoms with Gasteiger partial charge in [0.05, 0.1) is 17.0 Å². The van der Waals surface area contributed by atoms with E-state index in [0.717, 1.165) is 48.6 Å². The summed E-state index contributed by atoms with van der Waals surface area (Å²) in [5, 5.41) is 25.8. The topological polar surface area (TPSA) is 73.9 Å². The highest BCUT2D eigenvalue weighted by molar-refractivity contribution is 7.17. The number of rotatable bonds is 4. The van der Waals surface area contributed by atoms with Crippen molar-refractivity contribution in [1.29, 1.82) is 0 Å². The van der Waals surface area contributed by atoms with E-state index in [1.165, 1.54) is 15.9 Å². The van der Waals surface area contributed by atoms with E-state index in [1.54, 1.807) is 0 Å². The summed E-state index contributed by atoms with van der Waals surface area (Å²) in [5.74, 6) is 0.866. The van der Waals surface area contributed by atoms with Crippen molar-refractivity contribution in [3.05, 3.63) is 45.6 Å². The lowest BCUT2D eigenvalue weighted by atomic mass is 9.99. The van der Waals surface area contributed by atoms with Crippen molar-refractivity contribution < 1.29 is 10.2 Å². The number of halogens is 1. The number of aromatic nitrogens is 3. The van der Waals surface area contributed by atoms with Gasteiger partial charge in [0.1, 0.15) is 0 Å². The maximum Gasteiger partial charge on any atom is 0.230 e. The molecule has 26 heavy (non-hydrogen) atoms. The van der Waals surface area contributed by atoms with Crippen molar-refractivity contribution in [2.45, 2.75) is 38.3 Å². The third-order valence-electron chi connectivity index (χ3n) is 4.86. The van der Waals surface area contributed by atoms with Gasteiger partial charge in [0.25, 0.3) is 0 Å². The molecular formula is C18H21ClN4O2S. The fourth-order valence-corrected chi connectivity index (χ4v) is 4.70. The van der Waals surface area contributed by atoms with Crippen molar-refractivity contribution in [2.24, 2.45) is 0 Å². The number of fused-ring (bicyclic) bond motifs is 1. The summed E-state index contributed by atoms with van der Waals surface area (Å²) in [6.45, 7) is 3.52. The van der Waals surface area contributed by atoms with E-state index < -0.39 is 0 Å². The highest BCUT2D eigenvalue weighted by Gasteiger charge is 2.31. The number of hydrogen-bond acceptors (Lipinski definition) is 6. The van der Waals surface area contributed by atoms with Crippen LogP contribution < -0.4 is 0 Å². The van der Waals surface area contributed by atoms with Crippen LogP contribution in [0.25, 0.3) is 4.96 Å². The van der Waals surface area contributed by atoms with Gasteiger partial charge < -0.3 is 10.2 Å². The quantitative estimate of drug-likeness (QED) is 0.712. The molecule has 1 aliphatic heterocycles. The van der Waals surface area contributed by atoms with Gasteiger partial charge in [-0.3, -0.25) is 4.90 Å². The van der Waals surface area contributed by atoms with E-state index in [-0.39, 0.29) is 18.0 Å². The Labute approximate surface area is 160 Å². The molecular weight excluding hydrogens is 372 g/mol. The predicted octanol–water partition coefficient (Wildman–Crippen LogP) is 3.26. The van der Waals surface area contributed by atoms with Crippen molar-refractivity contribution in [3.63, 3.8) is 0 Å². The van der Waals surface area contributed by atoms with Crippen molar-refractivity contribution in [3.8, 4) is 5.88 Å². The Morgan fingerprint density at radius 1 is 1.27 bits per heavy atom. The summed E-state index contributed by atoms with van der Waals surface area (Å²) in [5.41, 5.74) is 1.06. The van der Waals surface area contributed by atoms with Crippen LogP contribution in [0.4, 0.5) is 0 Å². The van der Waals surface area contributed by atoms with Crippen molar-refractivity contribution in [1.82, 2.24) is 19.5 Å². The number of thiazole rings is 1. The molecule has 1 unspecified atom stereocenters. The third kappa shape index (κ3) is 3.20. The van der Waals surface area contributed by atoms with Gasteiger partial charge in [-0.15, -0.1) is 5.10 Å². The maximum atomic E-state index is 10.8. The van der Waals surface area contributed by atoms with Crippen molar-refractivity contribution >= 4 is 27.9 Å². The molecule has 1 saturated heterocycles. The first kappa shape index (κ1) is 17.7. The number of aromatic hydroxyl groups is 1. The first-order chi connectivity index (χ1) is 12.6. The molecule has 4 rings (SSSR count). The molecule has 0 saturated carbocycles. The fourth-order valence-electron chi connectivity index (χ4n) is 3.44. The SMILES string of the molecule is CCc1nc2sc(C(c3ccc(Cl)cc3)N3CCC(O)CC3)c(O)n2n1. The number of piperidine rings is 1. The van der Waals surface area contributed by atoms with Gasteiger partial charge in [-0.1, -0.05) is 42.0 Å². The average molecular weight is 393 g/mol. The van der Waals surface area contributed by atoms with Gasteiger partial charge in [0, 0.05) is 24.5 Å². The lowest BCUT2D eigenvalue weighted by Crippen LogP contribution is -2.38. The minimum absolute atomic E-state index is 0.113. The Kier molecular flexibility index (Phi) is 4.88. The van der Waals surface area contributed by atoms with Crippen LogP contribution in [0.15, 0.2) is 24.3 Å². The van der Waals surface area contributed by atoms with E-state index in [2.05, 4.69) is 15.0 Å². The number of aryl methyl sites for hydroxylation is 1. The van der Waals surface area contributed by atoms with Crippen LogP contribution in [0.2, 0.25) is 5.02 Å². The van der Waals surface area contributed by atoms with Gasteiger partial charge in [0.2, 0.25) is 10.8 Å². The Bertz CT molecular complexity index is 900. The van der Waals surface area contributed by atoms with E-state index in [0.29, 0.717) is 9.98 Å². The third-order valence-corrected chi connectivity index (χ3v) is 6.18. The van der Waals surface area contributed by atoms with E-state index in [9.17, 15) is 10.2 Å². The molecule has 8 heteroatoms. The molecule has 2 aromatic heterocycles. The molecule has 6 nitrogen and oxygen atoms in total. The zero-order valence-corrected chi connectivity index (χ0v) is 16.0. The minimum atomic E-state index is -0.250. The molecule has 1 atom stereocenters. The molecule has 0 spiro atoms. The number of likely N-dealkylation sites (tertiary alicyclic amines) is 1. The molecule has 0 amide bonds. The summed E-state index contributed by atoms with van der Waals surface area (Å²) in [6.07, 6.45) is 1.94. The highest BCUT2D eigenvalue weighted by atomic mass is 35.5. The lowest BCUT2D eigenvalue weighted by molar-refractivity contribution is 0.0689. The van der Waals surface area contributed by atoms with Crippen LogP contribution in [-0.4, -0.2) is 48.9 Å². The van der Waals surface area contributed by atoms with Crippen LogP contribution in [0.3, 0.4) is 0 Å². The van der Waals surface area contributed by atoms with Gasteiger partial charge in [-0.2, -0.15) is 4.52 Å². The largest absolute Gasteiger partial charge is 0.492 e. The van der Waals surface area contributed by atoms with E-state index >= 15 is 0 Å². The number of aliphatic hydroxyl groups excluding tert-OH is 1. The predicted molar refractivity (Wildman–Crippen MR) is 102 cm³/mol. The van der Waals surface area contributed by atoms with Crippen LogP contribution in [0.1, 0.15) is 42.1 Å². The number of benzene rings is 1. The zero-order chi connectivity index (χ0) is 18.3. The van der Waals surface area contributed by atoms with Crippen LogP contribution in [-0.2, 0) is 6.42 Å². The van der Waals surface area contributed by atoms with E-state index in [4.69, 9.17) is 11.6 Å². The summed E-state index contributed by atoms with van der Waals surface area (Å²) < 4.78 is 1.53. The second-order valence-corrected chi connectivity index (χ2v) is 8.03. The molecule has 0 aliphatic carbocycles. The smallest absolute Gasteiger partial charge is 0.230 e. The molecule has 1 aromatic carbocycles. The monoisotopic (exact) mass is 392 g/mol. The standard InChI is InChI=1S/C18H21ClN4O2S/c1-2-14-20-18-23(21-14)17(25)16(26-18)15(11-3-5-12(19)6-4-11)22-9-7-13(24)8-10-22/h3-6,13,15,24-25H,2,7-10H2,1H3. The van der Waals surface area contributed by atoms with Gasteiger partial charge in [-0.25, -0.2) is 4.98 Å². The van der Waals surface area contributed by atoms with Crippen molar-refractivity contribution in [2.75, 3.05) is 13.1 Å². The van der Waals surface area contributed by atoms with Crippen LogP contribution in [0.5, 0.6) is 5.88 Å². The van der Waals surface area contributed by atoms with Crippen LogP contribution in [0, 0.1) is 0 Å². The zero-order valence-electron chi connectivity index (χ0n) is 14.5. The molecule has 1 aliphatic rings.